The predicted molar refractivity (Wildman–Crippen MR) is 77.5 cm³/mol. The SMILES string of the molecule is COc1ccc2c(c1OC)OC1(CCCC1)CC2(C)N. The summed E-state index contributed by atoms with van der Waals surface area (Å²) >= 11 is 0. The van der Waals surface area contributed by atoms with E-state index < -0.39 is 5.54 Å². The Hall–Kier alpha value is -1.42. The molecule has 20 heavy (non-hydrogen) atoms. The first kappa shape index (κ1) is 13.6. The molecule has 0 bridgehead atoms. The lowest BCUT2D eigenvalue weighted by Crippen LogP contribution is -2.49. The van der Waals surface area contributed by atoms with Crippen LogP contribution in [0.3, 0.4) is 0 Å². The summed E-state index contributed by atoms with van der Waals surface area (Å²) in [4.78, 5) is 0. The lowest BCUT2D eigenvalue weighted by atomic mass is 9.77. The van der Waals surface area contributed by atoms with Crippen LogP contribution in [0, 0.1) is 0 Å². The highest BCUT2D eigenvalue weighted by Crippen LogP contribution is 2.53. The number of fused-ring (bicyclic) bond motifs is 1. The zero-order valence-corrected chi connectivity index (χ0v) is 12.5. The van der Waals surface area contributed by atoms with Gasteiger partial charge in [-0.1, -0.05) is 0 Å². The molecule has 4 heteroatoms. The van der Waals surface area contributed by atoms with E-state index in [1.54, 1.807) is 14.2 Å². The molecule has 1 heterocycles. The van der Waals surface area contributed by atoms with Crippen molar-refractivity contribution in [2.45, 2.75) is 50.2 Å². The Morgan fingerprint density at radius 1 is 1.15 bits per heavy atom. The molecule has 3 rings (SSSR count). The second-order valence-corrected chi connectivity index (χ2v) is 6.26. The van der Waals surface area contributed by atoms with Crippen LogP contribution in [-0.4, -0.2) is 19.8 Å². The summed E-state index contributed by atoms with van der Waals surface area (Å²) in [7, 11) is 3.28. The highest BCUT2D eigenvalue weighted by Gasteiger charge is 2.48. The molecule has 1 spiro atoms. The van der Waals surface area contributed by atoms with Crippen molar-refractivity contribution in [2.24, 2.45) is 5.73 Å². The van der Waals surface area contributed by atoms with Crippen LogP contribution in [0.5, 0.6) is 17.2 Å². The first-order chi connectivity index (χ1) is 9.51. The fraction of sp³-hybridized carbons (Fsp3) is 0.625. The van der Waals surface area contributed by atoms with Crippen LogP contribution in [0.1, 0.15) is 44.6 Å². The van der Waals surface area contributed by atoms with E-state index in [1.807, 2.05) is 12.1 Å². The Kier molecular flexibility index (Phi) is 3.09. The van der Waals surface area contributed by atoms with Crippen molar-refractivity contribution in [3.05, 3.63) is 17.7 Å². The molecule has 1 fully saturated rings. The highest BCUT2D eigenvalue weighted by atomic mass is 16.5. The van der Waals surface area contributed by atoms with Gasteiger partial charge in [-0.25, -0.2) is 0 Å². The van der Waals surface area contributed by atoms with Gasteiger partial charge in [0, 0.05) is 17.5 Å². The van der Waals surface area contributed by atoms with Gasteiger partial charge in [-0.05, 0) is 44.7 Å². The minimum absolute atomic E-state index is 0.129. The summed E-state index contributed by atoms with van der Waals surface area (Å²) in [6, 6.07) is 3.90. The van der Waals surface area contributed by atoms with Crippen molar-refractivity contribution in [2.75, 3.05) is 14.2 Å². The number of hydrogen-bond acceptors (Lipinski definition) is 4. The van der Waals surface area contributed by atoms with Gasteiger partial charge in [0.15, 0.2) is 11.5 Å². The van der Waals surface area contributed by atoms with E-state index in [2.05, 4.69) is 6.92 Å². The van der Waals surface area contributed by atoms with Crippen molar-refractivity contribution in [1.29, 1.82) is 0 Å². The third-order valence-corrected chi connectivity index (χ3v) is 4.64. The smallest absolute Gasteiger partial charge is 0.203 e. The normalized spacial score (nSPS) is 27.0. The van der Waals surface area contributed by atoms with Crippen LogP contribution in [0.2, 0.25) is 0 Å². The van der Waals surface area contributed by atoms with Crippen LogP contribution in [-0.2, 0) is 5.54 Å². The molecule has 0 amide bonds. The van der Waals surface area contributed by atoms with Crippen LogP contribution >= 0.6 is 0 Å². The largest absolute Gasteiger partial charge is 0.493 e. The van der Waals surface area contributed by atoms with Gasteiger partial charge in [-0.3, -0.25) is 0 Å². The molecular formula is C16H23NO3. The fourth-order valence-corrected chi connectivity index (χ4v) is 3.76. The van der Waals surface area contributed by atoms with E-state index in [4.69, 9.17) is 19.9 Å². The topological polar surface area (TPSA) is 53.7 Å². The first-order valence-corrected chi connectivity index (χ1v) is 7.25. The zero-order valence-electron chi connectivity index (χ0n) is 12.5. The molecule has 1 saturated carbocycles. The van der Waals surface area contributed by atoms with Gasteiger partial charge in [0.05, 0.1) is 14.2 Å². The van der Waals surface area contributed by atoms with E-state index in [9.17, 15) is 0 Å². The monoisotopic (exact) mass is 277 g/mol. The second kappa shape index (κ2) is 4.55. The Morgan fingerprint density at radius 3 is 2.45 bits per heavy atom. The number of hydrogen-bond donors (Lipinski definition) is 1. The van der Waals surface area contributed by atoms with Gasteiger partial charge < -0.3 is 19.9 Å². The van der Waals surface area contributed by atoms with Gasteiger partial charge in [0.1, 0.15) is 5.60 Å². The number of ether oxygens (including phenoxy) is 3. The van der Waals surface area contributed by atoms with Crippen molar-refractivity contribution in [3.63, 3.8) is 0 Å². The molecule has 4 nitrogen and oxygen atoms in total. The van der Waals surface area contributed by atoms with Crippen molar-refractivity contribution < 1.29 is 14.2 Å². The van der Waals surface area contributed by atoms with Crippen LogP contribution in [0.4, 0.5) is 0 Å². The molecule has 1 unspecified atom stereocenters. The predicted octanol–water partition coefficient (Wildman–Crippen LogP) is 2.97. The first-order valence-electron chi connectivity index (χ1n) is 7.25. The third kappa shape index (κ3) is 1.94. The minimum Gasteiger partial charge on any atom is -0.493 e. The molecule has 2 N–H and O–H groups in total. The van der Waals surface area contributed by atoms with E-state index in [0.29, 0.717) is 11.5 Å². The van der Waals surface area contributed by atoms with Crippen molar-refractivity contribution >= 4 is 0 Å². The second-order valence-electron chi connectivity index (χ2n) is 6.26. The number of benzene rings is 1. The summed E-state index contributed by atoms with van der Waals surface area (Å²) in [6.45, 7) is 2.08. The Balaban J connectivity index is 2.14. The average molecular weight is 277 g/mol. The van der Waals surface area contributed by atoms with Crippen LogP contribution in [0.15, 0.2) is 12.1 Å². The minimum atomic E-state index is -0.391. The number of nitrogens with two attached hydrogens (primary N) is 1. The lowest BCUT2D eigenvalue weighted by Gasteiger charge is -2.44. The summed E-state index contributed by atoms with van der Waals surface area (Å²) in [5.41, 5.74) is 7.07. The van der Waals surface area contributed by atoms with Crippen molar-refractivity contribution in [1.82, 2.24) is 0 Å². The van der Waals surface area contributed by atoms with E-state index in [-0.39, 0.29) is 5.60 Å². The van der Waals surface area contributed by atoms with Gasteiger partial charge >= 0.3 is 0 Å². The molecule has 1 atom stereocenters. The number of rotatable bonds is 2. The summed E-state index contributed by atoms with van der Waals surface area (Å²) in [5, 5.41) is 0. The van der Waals surface area contributed by atoms with Crippen LogP contribution in [0.25, 0.3) is 0 Å². The maximum absolute atomic E-state index is 6.58. The molecule has 1 aliphatic heterocycles. The fourth-order valence-electron chi connectivity index (χ4n) is 3.76. The number of methoxy groups -OCH3 is 2. The molecule has 1 aromatic rings. The molecule has 1 aliphatic carbocycles. The average Bonchev–Trinajstić information content (AvgIpc) is 2.84. The molecule has 0 aromatic heterocycles. The van der Waals surface area contributed by atoms with E-state index in [0.717, 1.165) is 30.6 Å². The Bertz CT molecular complexity index is 519. The van der Waals surface area contributed by atoms with E-state index in [1.165, 1.54) is 12.8 Å². The van der Waals surface area contributed by atoms with Gasteiger partial charge in [0.2, 0.25) is 5.75 Å². The standard InChI is InChI=1S/C16H23NO3/c1-15(17)10-16(8-4-5-9-16)20-13-11(15)6-7-12(18-2)14(13)19-3/h6-7H,4-5,8-10,17H2,1-3H3. The molecule has 0 radical (unpaired) electrons. The zero-order chi connectivity index (χ0) is 14.4. The summed E-state index contributed by atoms with van der Waals surface area (Å²) in [5.74, 6) is 2.12. The van der Waals surface area contributed by atoms with E-state index >= 15 is 0 Å². The molecule has 1 aromatic carbocycles. The molecular weight excluding hydrogens is 254 g/mol. The Morgan fingerprint density at radius 2 is 1.85 bits per heavy atom. The van der Waals surface area contributed by atoms with Crippen LogP contribution < -0.4 is 19.9 Å². The maximum atomic E-state index is 6.58. The quantitative estimate of drug-likeness (QED) is 0.903. The highest BCUT2D eigenvalue weighted by molar-refractivity contribution is 5.59. The maximum Gasteiger partial charge on any atom is 0.203 e. The third-order valence-electron chi connectivity index (χ3n) is 4.64. The Labute approximate surface area is 120 Å². The summed E-state index contributed by atoms with van der Waals surface area (Å²) in [6.07, 6.45) is 5.41. The lowest BCUT2D eigenvalue weighted by molar-refractivity contribution is 0.0192. The van der Waals surface area contributed by atoms with Gasteiger partial charge in [-0.15, -0.1) is 0 Å². The summed E-state index contributed by atoms with van der Waals surface area (Å²) < 4.78 is 17.3. The molecule has 2 aliphatic rings. The molecule has 0 saturated heterocycles. The van der Waals surface area contributed by atoms with Crippen molar-refractivity contribution in [3.8, 4) is 17.2 Å². The molecule has 110 valence electrons. The van der Waals surface area contributed by atoms with Gasteiger partial charge in [-0.2, -0.15) is 0 Å². The van der Waals surface area contributed by atoms with Gasteiger partial charge in [0.25, 0.3) is 0 Å².